The average Bonchev–Trinajstić information content (AvgIpc) is 2.27. The molecule has 1 aromatic rings. The van der Waals surface area contributed by atoms with Crippen molar-refractivity contribution in [2.75, 3.05) is 5.75 Å². The Hall–Kier alpha value is -1.29. The smallest absolute Gasteiger partial charge is 0.313 e. The first-order chi connectivity index (χ1) is 7.63. The van der Waals surface area contributed by atoms with E-state index >= 15 is 0 Å². The summed E-state index contributed by atoms with van der Waals surface area (Å²) in [6.45, 7) is 1.97. The van der Waals surface area contributed by atoms with E-state index in [4.69, 9.17) is 5.11 Å². The van der Waals surface area contributed by atoms with Crippen LogP contribution in [0.2, 0.25) is 0 Å². The van der Waals surface area contributed by atoms with Crippen molar-refractivity contribution in [2.24, 2.45) is 0 Å². The first kappa shape index (κ1) is 12.8. The van der Waals surface area contributed by atoms with E-state index in [0.717, 1.165) is 11.3 Å². The molecule has 3 nitrogen and oxygen atoms in total. The maximum absolute atomic E-state index is 11.5. The van der Waals surface area contributed by atoms with Gasteiger partial charge in [0, 0.05) is 16.9 Å². The number of carbonyl (C=O) groups is 2. The Labute approximate surface area is 98.9 Å². The summed E-state index contributed by atoms with van der Waals surface area (Å²) in [6.07, 6.45) is 1.40. The number of ketones is 1. The number of hydrogen-bond acceptors (Lipinski definition) is 3. The summed E-state index contributed by atoms with van der Waals surface area (Å²) < 4.78 is 0. The molecule has 0 aliphatic rings. The number of benzene rings is 1. The number of aliphatic carboxylic acids is 1. The van der Waals surface area contributed by atoms with Gasteiger partial charge in [-0.05, 0) is 18.6 Å². The fourth-order valence-corrected chi connectivity index (χ4v) is 1.87. The van der Waals surface area contributed by atoms with Crippen molar-refractivity contribution in [3.05, 3.63) is 29.8 Å². The van der Waals surface area contributed by atoms with Gasteiger partial charge in [-0.1, -0.05) is 19.1 Å². The fourth-order valence-electron chi connectivity index (χ4n) is 1.25. The largest absolute Gasteiger partial charge is 0.481 e. The third-order valence-corrected chi connectivity index (χ3v) is 3.01. The molecule has 0 unspecified atom stereocenters. The van der Waals surface area contributed by atoms with Gasteiger partial charge in [0.15, 0.2) is 5.78 Å². The minimum Gasteiger partial charge on any atom is -0.481 e. The van der Waals surface area contributed by atoms with Gasteiger partial charge in [-0.15, -0.1) is 11.8 Å². The van der Waals surface area contributed by atoms with Crippen molar-refractivity contribution in [1.29, 1.82) is 0 Å². The van der Waals surface area contributed by atoms with Crippen molar-refractivity contribution in [1.82, 2.24) is 0 Å². The van der Waals surface area contributed by atoms with E-state index in [9.17, 15) is 9.59 Å². The van der Waals surface area contributed by atoms with E-state index in [1.54, 1.807) is 24.3 Å². The van der Waals surface area contributed by atoms with Crippen LogP contribution >= 0.6 is 11.8 Å². The molecule has 1 N–H and O–H groups in total. The van der Waals surface area contributed by atoms with Crippen LogP contribution < -0.4 is 0 Å². The SMILES string of the molecule is CCCC(=O)c1ccc(SCC(=O)O)cc1. The Kier molecular flexibility index (Phi) is 5.05. The molecular weight excluding hydrogens is 224 g/mol. The minimum absolute atomic E-state index is 0.0439. The Morgan fingerprint density at radius 3 is 2.38 bits per heavy atom. The van der Waals surface area contributed by atoms with Crippen molar-refractivity contribution < 1.29 is 14.7 Å². The average molecular weight is 238 g/mol. The summed E-state index contributed by atoms with van der Waals surface area (Å²) in [5, 5.41) is 8.51. The van der Waals surface area contributed by atoms with E-state index in [2.05, 4.69) is 0 Å². The second-order valence-corrected chi connectivity index (χ2v) is 4.43. The van der Waals surface area contributed by atoms with Crippen LogP contribution in [0.1, 0.15) is 30.1 Å². The van der Waals surface area contributed by atoms with Crippen molar-refractivity contribution in [3.63, 3.8) is 0 Å². The number of thioether (sulfide) groups is 1. The van der Waals surface area contributed by atoms with Crippen LogP contribution in [0, 0.1) is 0 Å². The highest BCUT2D eigenvalue weighted by molar-refractivity contribution is 8.00. The molecule has 0 aliphatic heterocycles. The lowest BCUT2D eigenvalue weighted by Gasteiger charge is -2.01. The normalized spacial score (nSPS) is 10.1. The molecule has 4 heteroatoms. The molecule has 0 atom stereocenters. The van der Waals surface area contributed by atoms with Crippen LogP contribution in [-0.4, -0.2) is 22.6 Å². The second-order valence-electron chi connectivity index (χ2n) is 3.38. The molecule has 0 saturated carbocycles. The molecule has 0 fully saturated rings. The molecule has 1 rings (SSSR count). The first-order valence-corrected chi connectivity index (χ1v) is 6.10. The monoisotopic (exact) mass is 238 g/mol. The highest BCUT2D eigenvalue weighted by atomic mass is 32.2. The number of Topliss-reactive ketones (excluding diaryl/α,β-unsaturated/α-hetero) is 1. The third-order valence-electron chi connectivity index (χ3n) is 2.02. The Morgan fingerprint density at radius 2 is 1.88 bits per heavy atom. The van der Waals surface area contributed by atoms with E-state index in [-0.39, 0.29) is 11.5 Å². The summed E-state index contributed by atoms with van der Waals surface area (Å²) in [4.78, 5) is 22.7. The Bertz CT molecular complexity index is 370. The highest BCUT2D eigenvalue weighted by Gasteiger charge is 2.05. The number of carboxylic acid groups (broad SMARTS) is 1. The molecule has 0 saturated heterocycles. The van der Waals surface area contributed by atoms with Crippen molar-refractivity contribution >= 4 is 23.5 Å². The second kappa shape index (κ2) is 6.33. The van der Waals surface area contributed by atoms with Gasteiger partial charge in [0.1, 0.15) is 0 Å². The van der Waals surface area contributed by atoms with E-state index in [1.165, 1.54) is 11.8 Å². The summed E-state index contributed by atoms with van der Waals surface area (Å²) in [6, 6.07) is 7.08. The molecule has 0 spiro atoms. The standard InChI is InChI=1S/C12H14O3S/c1-2-3-11(13)9-4-6-10(7-5-9)16-8-12(14)15/h4-7H,2-3,8H2,1H3,(H,14,15). The summed E-state index contributed by atoms with van der Waals surface area (Å²) in [5.41, 5.74) is 0.696. The Morgan fingerprint density at radius 1 is 1.25 bits per heavy atom. The van der Waals surface area contributed by atoms with Gasteiger partial charge in [0.2, 0.25) is 0 Å². The number of hydrogen-bond donors (Lipinski definition) is 1. The van der Waals surface area contributed by atoms with Crippen molar-refractivity contribution in [2.45, 2.75) is 24.7 Å². The maximum Gasteiger partial charge on any atom is 0.313 e. The van der Waals surface area contributed by atoms with Gasteiger partial charge < -0.3 is 5.11 Å². The quantitative estimate of drug-likeness (QED) is 0.611. The molecular formula is C12H14O3S. The van der Waals surface area contributed by atoms with Crippen LogP contribution in [0.15, 0.2) is 29.2 Å². The topological polar surface area (TPSA) is 54.4 Å². The van der Waals surface area contributed by atoms with Gasteiger partial charge in [0.25, 0.3) is 0 Å². The predicted molar refractivity (Wildman–Crippen MR) is 64.0 cm³/mol. The van der Waals surface area contributed by atoms with Crippen LogP contribution in [0.25, 0.3) is 0 Å². The molecule has 0 aromatic heterocycles. The van der Waals surface area contributed by atoms with Crippen LogP contribution in [0.5, 0.6) is 0 Å². The molecule has 1 aromatic carbocycles. The third kappa shape index (κ3) is 4.06. The number of carbonyl (C=O) groups excluding carboxylic acids is 1. The first-order valence-electron chi connectivity index (χ1n) is 5.11. The van der Waals surface area contributed by atoms with Crippen LogP contribution in [0.3, 0.4) is 0 Å². The fraction of sp³-hybridized carbons (Fsp3) is 0.333. The lowest BCUT2D eigenvalue weighted by Crippen LogP contribution is -1.99. The molecule has 0 amide bonds. The zero-order valence-corrected chi connectivity index (χ0v) is 9.92. The zero-order chi connectivity index (χ0) is 12.0. The minimum atomic E-state index is -0.837. The van der Waals surface area contributed by atoms with Gasteiger partial charge in [-0.2, -0.15) is 0 Å². The molecule has 0 bridgehead atoms. The lowest BCUT2D eigenvalue weighted by molar-refractivity contribution is -0.133. The number of rotatable bonds is 6. The maximum atomic E-state index is 11.5. The number of carboxylic acids is 1. The highest BCUT2D eigenvalue weighted by Crippen LogP contribution is 2.18. The zero-order valence-electron chi connectivity index (χ0n) is 9.10. The van der Waals surface area contributed by atoms with Crippen LogP contribution in [-0.2, 0) is 4.79 Å². The molecule has 16 heavy (non-hydrogen) atoms. The van der Waals surface area contributed by atoms with E-state index in [0.29, 0.717) is 12.0 Å². The summed E-state index contributed by atoms with van der Waals surface area (Å²) >= 11 is 1.25. The van der Waals surface area contributed by atoms with Gasteiger partial charge >= 0.3 is 5.97 Å². The summed E-state index contributed by atoms with van der Waals surface area (Å²) in [5.74, 6) is -0.657. The lowest BCUT2D eigenvalue weighted by atomic mass is 10.1. The van der Waals surface area contributed by atoms with Crippen molar-refractivity contribution in [3.8, 4) is 0 Å². The molecule has 0 heterocycles. The van der Waals surface area contributed by atoms with Gasteiger partial charge in [-0.25, -0.2) is 0 Å². The summed E-state index contributed by atoms with van der Waals surface area (Å²) in [7, 11) is 0. The van der Waals surface area contributed by atoms with Gasteiger partial charge in [-0.3, -0.25) is 9.59 Å². The predicted octanol–water partition coefficient (Wildman–Crippen LogP) is 2.85. The molecule has 0 radical (unpaired) electrons. The Balaban J connectivity index is 2.60. The van der Waals surface area contributed by atoms with Gasteiger partial charge in [0.05, 0.1) is 5.75 Å². The molecule has 86 valence electrons. The molecule has 0 aliphatic carbocycles. The van der Waals surface area contributed by atoms with E-state index < -0.39 is 5.97 Å². The van der Waals surface area contributed by atoms with E-state index in [1.807, 2.05) is 6.92 Å². The van der Waals surface area contributed by atoms with Crippen LogP contribution in [0.4, 0.5) is 0 Å².